The topological polar surface area (TPSA) is 92.5 Å². The Labute approximate surface area is 125 Å². The van der Waals surface area contributed by atoms with Crippen LogP contribution in [0.5, 0.6) is 0 Å². The van der Waals surface area contributed by atoms with E-state index in [0.717, 1.165) is 25.7 Å². The third kappa shape index (κ3) is 6.86. The van der Waals surface area contributed by atoms with Gasteiger partial charge in [-0.1, -0.05) is 12.8 Å². The molecule has 0 bridgehead atoms. The molecule has 3 N–H and O–H groups in total. The summed E-state index contributed by atoms with van der Waals surface area (Å²) in [5.41, 5.74) is 5.38. The van der Waals surface area contributed by atoms with E-state index in [1.807, 2.05) is 0 Å². The quantitative estimate of drug-likeness (QED) is 0.481. The van der Waals surface area contributed by atoms with Crippen molar-refractivity contribution in [1.29, 1.82) is 0 Å². The van der Waals surface area contributed by atoms with Gasteiger partial charge in [-0.25, -0.2) is 0 Å². The number of likely N-dealkylation sites (tertiary alicyclic amines) is 1. The molecule has 0 atom stereocenters. The average Bonchev–Trinajstić information content (AvgIpc) is 2.70. The fourth-order valence-corrected chi connectivity index (χ4v) is 2.05. The zero-order valence-electron chi connectivity index (χ0n) is 11.7. The number of unbranched alkanes of at least 4 members (excludes halogenated alkanes) is 3. The van der Waals surface area contributed by atoms with Gasteiger partial charge >= 0.3 is 0 Å². The maximum atomic E-state index is 11.5. The summed E-state index contributed by atoms with van der Waals surface area (Å²) in [6, 6.07) is 0. The van der Waals surface area contributed by atoms with Gasteiger partial charge in [0.2, 0.25) is 17.7 Å². The second-order valence-electron chi connectivity index (χ2n) is 4.74. The smallest absolute Gasteiger partial charge is 0.229 e. The van der Waals surface area contributed by atoms with Crippen LogP contribution in [0.4, 0.5) is 0 Å². The summed E-state index contributed by atoms with van der Waals surface area (Å²) in [4.78, 5) is 35.3. The van der Waals surface area contributed by atoms with Crippen molar-refractivity contribution < 1.29 is 14.4 Å². The van der Waals surface area contributed by atoms with Gasteiger partial charge in [0.25, 0.3) is 0 Å². The summed E-state index contributed by atoms with van der Waals surface area (Å²) < 4.78 is 0. The molecule has 20 heavy (non-hydrogen) atoms. The first kappa shape index (κ1) is 18.9. The van der Waals surface area contributed by atoms with E-state index in [9.17, 15) is 14.4 Å². The molecule has 0 aromatic rings. The summed E-state index contributed by atoms with van der Waals surface area (Å²) in [7, 11) is 0. The molecule has 3 amide bonds. The van der Waals surface area contributed by atoms with Gasteiger partial charge in [-0.2, -0.15) is 0 Å². The summed E-state index contributed by atoms with van der Waals surface area (Å²) >= 11 is 0. The lowest BCUT2D eigenvalue weighted by Gasteiger charge is -2.13. The molecule has 116 valence electrons. The number of nitrogens with two attached hydrogens (primary N) is 1. The highest BCUT2D eigenvalue weighted by Crippen LogP contribution is 2.10. The van der Waals surface area contributed by atoms with Crippen LogP contribution in [-0.2, 0) is 14.4 Å². The Kier molecular flexibility index (Phi) is 10.0. The van der Waals surface area contributed by atoms with Gasteiger partial charge in [0.1, 0.15) is 0 Å². The van der Waals surface area contributed by atoms with E-state index < -0.39 is 0 Å². The van der Waals surface area contributed by atoms with Crippen molar-refractivity contribution in [2.45, 2.75) is 44.9 Å². The lowest BCUT2D eigenvalue weighted by Crippen LogP contribution is -2.37. The minimum atomic E-state index is -0.138. The largest absolute Gasteiger partial charge is 0.354 e. The zero-order valence-corrected chi connectivity index (χ0v) is 12.5. The molecule has 0 spiro atoms. The van der Waals surface area contributed by atoms with Crippen LogP contribution < -0.4 is 11.1 Å². The molecule has 7 heteroatoms. The maximum Gasteiger partial charge on any atom is 0.229 e. The number of amides is 3. The number of rotatable bonds is 9. The molecule has 1 aliphatic rings. The van der Waals surface area contributed by atoms with Gasteiger partial charge in [0.05, 0.1) is 0 Å². The highest BCUT2D eigenvalue weighted by Gasteiger charge is 2.28. The molecule has 0 saturated carbocycles. The summed E-state index contributed by atoms with van der Waals surface area (Å²) in [6.07, 6.45) is 5.01. The Morgan fingerprint density at radius 3 is 2.30 bits per heavy atom. The molecule has 1 rings (SSSR count). The van der Waals surface area contributed by atoms with Crippen LogP contribution in [0.1, 0.15) is 44.9 Å². The van der Waals surface area contributed by atoms with Crippen molar-refractivity contribution >= 4 is 30.1 Å². The molecule has 0 aromatic carbocycles. The van der Waals surface area contributed by atoms with E-state index in [2.05, 4.69) is 5.32 Å². The van der Waals surface area contributed by atoms with E-state index in [-0.39, 0.29) is 36.7 Å². The Hall–Kier alpha value is -1.14. The van der Waals surface area contributed by atoms with Crippen LogP contribution in [0, 0.1) is 0 Å². The van der Waals surface area contributed by atoms with Crippen molar-refractivity contribution in [2.24, 2.45) is 5.73 Å². The lowest BCUT2D eigenvalue weighted by molar-refractivity contribution is -0.138. The van der Waals surface area contributed by atoms with E-state index in [0.29, 0.717) is 32.4 Å². The van der Waals surface area contributed by atoms with E-state index in [1.54, 1.807) is 0 Å². The second kappa shape index (κ2) is 10.6. The fourth-order valence-electron chi connectivity index (χ4n) is 2.05. The van der Waals surface area contributed by atoms with E-state index in [1.165, 1.54) is 4.90 Å². The molecule has 1 fully saturated rings. The van der Waals surface area contributed by atoms with E-state index in [4.69, 9.17) is 5.73 Å². The standard InChI is InChI=1S/C13H23N3O3.ClH/c14-8-4-2-1-3-5-11(17)15-9-10-16-12(18)6-7-13(16)19;/h1-10,14H2,(H,15,17);1H. The molecule has 0 radical (unpaired) electrons. The molecule has 1 heterocycles. The Morgan fingerprint density at radius 1 is 1.10 bits per heavy atom. The minimum absolute atomic E-state index is 0. The first-order valence-corrected chi connectivity index (χ1v) is 6.95. The number of nitrogens with one attached hydrogen (secondary N) is 1. The molecule has 0 aromatic heterocycles. The van der Waals surface area contributed by atoms with Gasteiger partial charge < -0.3 is 11.1 Å². The number of nitrogens with zero attached hydrogens (tertiary/aromatic N) is 1. The van der Waals surface area contributed by atoms with Crippen LogP contribution in [0.15, 0.2) is 0 Å². The van der Waals surface area contributed by atoms with Crippen LogP contribution in [0.25, 0.3) is 0 Å². The molecular formula is C13H24ClN3O3. The number of carbonyl (C=O) groups excluding carboxylic acids is 3. The van der Waals surface area contributed by atoms with Crippen LogP contribution in [0.3, 0.4) is 0 Å². The zero-order chi connectivity index (χ0) is 14.1. The van der Waals surface area contributed by atoms with Crippen molar-refractivity contribution in [3.8, 4) is 0 Å². The predicted octanol–water partition coefficient (Wildman–Crippen LogP) is 0.583. The third-order valence-corrected chi connectivity index (χ3v) is 3.17. The van der Waals surface area contributed by atoms with Crippen molar-refractivity contribution in [2.75, 3.05) is 19.6 Å². The van der Waals surface area contributed by atoms with Gasteiger partial charge in [-0.05, 0) is 19.4 Å². The monoisotopic (exact) mass is 305 g/mol. The van der Waals surface area contributed by atoms with Crippen molar-refractivity contribution in [3.63, 3.8) is 0 Å². The Balaban J connectivity index is 0.00000361. The highest BCUT2D eigenvalue weighted by molar-refractivity contribution is 6.01. The van der Waals surface area contributed by atoms with Gasteiger partial charge in [0, 0.05) is 32.4 Å². The summed E-state index contributed by atoms with van der Waals surface area (Å²) in [5, 5.41) is 2.73. The first-order valence-electron chi connectivity index (χ1n) is 6.95. The molecule has 1 aliphatic heterocycles. The van der Waals surface area contributed by atoms with Crippen LogP contribution in [-0.4, -0.2) is 42.3 Å². The maximum absolute atomic E-state index is 11.5. The molecule has 1 saturated heterocycles. The highest BCUT2D eigenvalue weighted by atomic mass is 35.5. The number of hydrogen-bond donors (Lipinski definition) is 2. The van der Waals surface area contributed by atoms with Gasteiger partial charge in [-0.15, -0.1) is 12.4 Å². The minimum Gasteiger partial charge on any atom is -0.354 e. The SMILES string of the molecule is Cl.NCCCCCCC(=O)NCCN1C(=O)CCC1=O. The van der Waals surface area contributed by atoms with Crippen LogP contribution >= 0.6 is 12.4 Å². The van der Waals surface area contributed by atoms with Crippen molar-refractivity contribution in [1.82, 2.24) is 10.2 Å². The first-order chi connectivity index (χ1) is 9.15. The van der Waals surface area contributed by atoms with Gasteiger partial charge in [-0.3, -0.25) is 19.3 Å². The van der Waals surface area contributed by atoms with Crippen LogP contribution in [0.2, 0.25) is 0 Å². The predicted molar refractivity (Wildman–Crippen MR) is 78.4 cm³/mol. The van der Waals surface area contributed by atoms with Crippen molar-refractivity contribution in [3.05, 3.63) is 0 Å². The number of imide groups is 1. The fraction of sp³-hybridized carbons (Fsp3) is 0.769. The number of hydrogen-bond acceptors (Lipinski definition) is 4. The molecule has 6 nitrogen and oxygen atoms in total. The summed E-state index contributed by atoms with van der Waals surface area (Å²) in [5.74, 6) is -0.297. The lowest BCUT2D eigenvalue weighted by atomic mass is 10.1. The average molecular weight is 306 g/mol. The Bertz CT molecular complexity index is 321. The Morgan fingerprint density at radius 2 is 1.70 bits per heavy atom. The molecular weight excluding hydrogens is 282 g/mol. The third-order valence-electron chi connectivity index (χ3n) is 3.17. The molecule has 0 aliphatic carbocycles. The van der Waals surface area contributed by atoms with E-state index >= 15 is 0 Å². The number of carbonyl (C=O) groups is 3. The normalized spacial score (nSPS) is 14.3. The van der Waals surface area contributed by atoms with Gasteiger partial charge in [0.15, 0.2) is 0 Å². The number of halogens is 1. The second-order valence-corrected chi connectivity index (χ2v) is 4.74. The summed E-state index contributed by atoms with van der Waals surface area (Å²) in [6.45, 7) is 1.33. The molecule has 0 unspecified atom stereocenters.